The summed E-state index contributed by atoms with van der Waals surface area (Å²) in [5, 5.41) is 7.15. The third kappa shape index (κ3) is 3.45. The third-order valence-corrected chi connectivity index (χ3v) is 4.20. The number of H-pyrrole nitrogens is 1. The van der Waals surface area contributed by atoms with Crippen molar-refractivity contribution in [3.05, 3.63) is 42.4 Å². The number of carbonyl (C=O) groups excluding carboxylic acids is 1. The number of nitrogens with zero attached hydrogens (tertiary/aromatic N) is 3. The number of aromatic nitrogens is 3. The SMILES string of the molecule is CN1CC(=O)NCCOc2cccc(c2)Nc2ncnc3[nH]cc(c23)C1. The average molecular weight is 352 g/mol. The van der Waals surface area contributed by atoms with E-state index in [1.165, 1.54) is 6.33 Å². The van der Waals surface area contributed by atoms with Crippen molar-refractivity contribution in [1.29, 1.82) is 0 Å². The number of rotatable bonds is 0. The molecule has 1 aromatic carbocycles. The summed E-state index contributed by atoms with van der Waals surface area (Å²) < 4.78 is 5.72. The molecule has 2 aromatic heterocycles. The number of aromatic amines is 1. The number of hydrogen-bond acceptors (Lipinski definition) is 6. The maximum absolute atomic E-state index is 12.1. The monoisotopic (exact) mass is 352 g/mol. The quantitative estimate of drug-likeness (QED) is 0.569. The first-order valence-corrected chi connectivity index (χ1v) is 8.45. The maximum Gasteiger partial charge on any atom is 0.234 e. The summed E-state index contributed by atoms with van der Waals surface area (Å²) in [6, 6.07) is 7.67. The molecule has 0 fully saturated rings. The number of fused-ring (bicyclic) bond motifs is 2. The number of anilines is 2. The van der Waals surface area contributed by atoms with Crippen LogP contribution in [0.2, 0.25) is 0 Å². The van der Waals surface area contributed by atoms with Crippen molar-refractivity contribution in [3.63, 3.8) is 0 Å². The van der Waals surface area contributed by atoms with E-state index in [-0.39, 0.29) is 5.91 Å². The minimum absolute atomic E-state index is 0.0332. The molecule has 0 saturated carbocycles. The van der Waals surface area contributed by atoms with E-state index in [9.17, 15) is 4.79 Å². The van der Waals surface area contributed by atoms with E-state index in [2.05, 4.69) is 25.6 Å². The largest absolute Gasteiger partial charge is 0.492 e. The smallest absolute Gasteiger partial charge is 0.234 e. The van der Waals surface area contributed by atoms with Gasteiger partial charge in [0.1, 0.15) is 30.1 Å². The molecular weight excluding hydrogens is 332 g/mol. The second-order valence-corrected chi connectivity index (χ2v) is 6.28. The fourth-order valence-corrected chi connectivity index (χ4v) is 3.05. The molecule has 0 atom stereocenters. The van der Waals surface area contributed by atoms with Crippen LogP contribution in [0.1, 0.15) is 5.56 Å². The molecule has 3 N–H and O–H groups in total. The number of carbonyl (C=O) groups is 1. The molecule has 0 aliphatic carbocycles. The summed E-state index contributed by atoms with van der Waals surface area (Å²) in [5.41, 5.74) is 2.66. The van der Waals surface area contributed by atoms with Crippen molar-refractivity contribution in [2.45, 2.75) is 6.54 Å². The van der Waals surface area contributed by atoms with Crippen LogP contribution in [0.4, 0.5) is 11.5 Å². The van der Waals surface area contributed by atoms with Crippen LogP contribution >= 0.6 is 0 Å². The molecule has 4 rings (SSSR count). The first-order chi connectivity index (χ1) is 12.7. The Morgan fingerprint density at radius 3 is 3.08 bits per heavy atom. The highest BCUT2D eigenvalue weighted by Crippen LogP contribution is 2.28. The highest BCUT2D eigenvalue weighted by molar-refractivity contribution is 5.92. The van der Waals surface area contributed by atoms with Gasteiger partial charge in [-0.3, -0.25) is 9.69 Å². The van der Waals surface area contributed by atoms with Gasteiger partial charge in [0.25, 0.3) is 0 Å². The van der Waals surface area contributed by atoms with Crippen LogP contribution in [0.3, 0.4) is 0 Å². The van der Waals surface area contributed by atoms with E-state index in [0.717, 1.165) is 33.9 Å². The fourth-order valence-electron chi connectivity index (χ4n) is 3.05. The van der Waals surface area contributed by atoms with Gasteiger partial charge in [0.15, 0.2) is 0 Å². The van der Waals surface area contributed by atoms with E-state index >= 15 is 0 Å². The molecule has 26 heavy (non-hydrogen) atoms. The van der Waals surface area contributed by atoms with Crippen LogP contribution in [-0.4, -0.2) is 52.5 Å². The van der Waals surface area contributed by atoms with Gasteiger partial charge in [-0.15, -0.1) is 0 Å². The molecule has 0 spiro atoms. The summed E-state index contributed by atoms with van der Waals surface area (Å²) in [7, 11) is 1.91. The van der Waals surface area contributed by atoms with E-state index in [0.29, 0.717) is 26.2 Å². The molecule has 0 saturated heterocycles. The van der Waals surface area contributed by atoms with E-state index in [4.69, 9.17) is 4.74 Å². The number of nitrogens with one attached hydrogen (secondary N) is 3. The maximum atomic E-state index is 12.1. The van der Waals surface area contributed by atoms with E-state index in [1.54, 1.807) is 0 Å². The lowest BCUT2D eigenvalue weighted by molar-refractivity contribution is -0.122. The zero-order valence-electron chi connectivity index (χ0n) is 14.5. The van der Waals surface area contributed by atoms with E-state index < -0.39 is 0 Å². The number of amides is 1. The molecule has 1 aliphatic rings. The van der Waals surface area contributed by atoms with Crippen molar-refractivity contribution >= 4 is 28.4 Å². The predicted octanol–water partition coefficient (Wildman–Crippen LogP) is 1.64. The number of likely N-dealkylation sites (N-methyl/N-ethyl adjacent to an activating group) is 1. The average Bonchev–Trinajstić information content (AvgIpc) is 3.02. The van der Waals surface area contributed by atoms with Gasteiger partial charge < -0.3 is 20.4 Å². The molecule has 2 bridgehead atoms. The van der Waals surface area contributed by atoms with Gasteiger partial charge in [-0.05, 0) is 24.7 Å². The van der Waals surface area contributed by atoms with Gasteiger partial charge in [0.05, 0.1) is 18.5 Å². The molecule has 8 nitrogen and oxygen atoms in total. The lowest BCUT2D eigenvalue weighted by atomic mass is 10.2. The molecule has 0 unspecified atom stereocenters. The zero-order valence-corrected chi connectivity index (χ0v) is 14.5. The standard InChI is InChI=1S/C18H20N6O2/c1-24-9-12-8-20-17-16(12)18(22-11-21-17)23-13-3-2-4-14(7-13)26-6-5-19-15(25)10-24/h2-4,7-8,11H,5-6,9-10H2,1H3,(H,19,25)(H2,20,21,22,23). The van der Waals surface area contributed by atoms with Gasteiger partial charge in [-0.2, -0.15) is 0 Å². The van der Waals surface area contributed by atoms with Gasteiger partial charge in [0.2, 0.25) is 5.91 Å². The lowest BCUT2D eigenvalue weighted by Gasteiger charge is -2.16. The first-order valence-electron chi connectivity index (χ1n) is 8.45. The van der Waals surface area contributed by atoms with Gasteiger partial charge in [-0.1, -0.05) is 6.07 Å². The third-order valence-electron chi connectivity index (χ3n) is 4.20. The van der Waals surface area contributed by atoms with Crippen LogP contribution in [0.15, 0.2) is 36.8 Å². The van der Waals surface area contributed by atoms with Crippen LogP contribution in [-0.2, 0) is 11.3 Å². The Morgan fingerprint density at radius 2 is 2.15 bits per heavy atom. The summed E-state index contributed by atoms with van der Waals surface area (Å²) >= 11 is 0. The minimum atomic E-state index is -0.0332. The first kappa shape index (κ1) is 16.3. The molecule has 8 heteroatoms. The second-order valence-electron chi connectivity index (χ2n) is 6.28. The van der Waals surface area contributed by atoms with Gasteiger partial charge in [-0.25, -0.2) is 9.97 Å². The minimum Gasteiger partial charge on any atom is -0.492 e. The molecule has 0 radical (unpaired) electrons. The van der Waals surface area contributed by atoms with Crippen molar-refractivity contribution < 1.29 is 9.53 Å². The highest BCUT2D eigenvalue weighted by Gasteiger charge is 2.15. The van der Waals surface area contributed by atoms with Gasteiger partial charge >= 0.3 is 0 Å². The summed E-state index contributed by atoms with van der Waals surface area (Å²) in [6.07, 6.45) is 3.44. The van der Waals surface area contributed by atoms with Crippen LogP contribution in [0.5, 0.6) is 5.75 Å². The second kappa shape index (κ2) is 7.01. The van der Waals surface area contributed by atoms with Crippen molar-refractivity contribution in [2.24, 2.45) is 0 Å². The topological polar surface area (TPSA) is 95.2 Å². The Labute approximate surface area is 150 Å². The molecule has 1 aliphatic heterocycles. The lowest BCUT2D eigenvalue weighted by Crippen LogP contribution is -2.36. The number of ether oxygens (including phenoxy) is 1. The van der Waals surface area contributed by atoms with E-state index in [1.807, 2.05) is 42.4 Å². The summed E-state index contributed by atoms with van der Waals surface area (Å²) in [4.78, 5) is 25.9. The highest BCUT2D eigenvalue weighted by atomic mass is 16.5. The van der Waals surface area contributed by atoms with Crippen molar-refractivity contribution in [2.75, 3.05) is 32.1 Å². The molecule has 1 amide bonds. The Morgan fingerprint density at radius 1 is 1.23 bits per heavy atom. The number of benzene rings is 1. The predicted molar refractivity (Wildman–Crippen MR) is 98.5 cm³/mol. The normalized spacial score (nSPS) is 16.1. The molecule has 134 valence electrons. The van der Waals surface area contributed by atoms with Crippen molar-refractivity contribution in [3.8, 4) is 5.75 Å². The Balaban J connectivity index is 1.75. The Hall–Kier alpha value is -3.13. The number of hydrogen-bond donors (Lipinski definition) is 3. The summed E-state index contributed by atoms with van der Waals surface area (Å²) in [6.45, 7) is 1.78. The summed E-state index contributed by atoms with van der Waals surface area (Å²) in [5.74, 6) is 1.42. The fraction of sp³-hybridized carbons (Fsp3) is 0.278. The zero-order chi connectivity index (χ0) is 17.9. The molecule has 3 aromatic rings. The van der Waals surface area contributed by atoms with Crippen molar-refractivity contribution in [1.82, 2.24) is 25.2 Å². The Bertz CT molecular complexity index is 938. The van der Waals surface area contributed by atoms with Crippen LogP contribution in [0, 0.1) is 0 Å². The van der Waals surface area contributed by atoms with Gasteiger partial charge in [0, 0.05) is 24.5 Å². The van der Waals surface area contributed by atoms with Crippen LogP contribution in [0.25, 0.3) is 11.0 Å². The Kier molecular flexibility index (Phi) is 4.40. The van der Waals surface area contributed by atoms with Crippen LogP contribution < -0.4 is 15.4 Å². The molecular formula is C18H20N6O2. The molecule has 3 heterocycles.